The molecule has 0 atom stereocenters. The molecule has 0 saturated heterocycles. The van der Waals surface area contributed by atoms with E-state index in [1.165, 1.54) is 18.2 Å². The van der Waals surface area contributed by atoms with Crippen LogP contribution in [0.4, 0.5) is 11.4 Å². The molecule has 1 amide bonds. The lowest BCUT2D eigenvalue weighted by molar-refractivity contribution is -0.384. The second-order valence-electron chi connectivity index (χ2n) is 7.65. The number of nitrogens with one attached hydrogen (secondary N) is 1. The minimum atomic E-state index is -0.506. The van der Waals surface area contributed by atoms with Gasteiger partial charge in [0.05, 0.1) is 15.1 Å². The summed E-state index contributed by atoms with van der Waals surface area (Å²) in [5, 5.41) is 23.2. The highest BCUT2D eigenvalue weighted by Gasteiger charge is 2.15. The fourth-order valence-corrected chi connectivity index (χ4v) is 4.06. The Morgan fingerprint density at radius 2 is 1.75 bits per heavy atom. The number of nitriles is 1. The van der Waals surface area contributed by atoms with E-state index in [1.807, 2.05) is 32.0 Å². The summed E-state index contributed by atoms with van der Waals surface area (Å²) in [7, 11) is 0. The molecule has 0 aromatic heterocycles. The summed E-state index contributed by atoms with van der Waals surface area (Å²) in [6.07, 6.45) is 2.40. The minimum absolute atomic E-state index is 0.00906. The van der Waals surface area contributed by atoms with Crippen LogP contribution in [-0.4, -0.2) is 17.4 Å². The van der Waals surface area contributed by atoms with E-state index in [4.69, 9.17) is 9.47 Å². The molecule has 9 heteroatoms. The Balaban J connectivity index is 1.80. The van der Waals surface area contributed by atoms with Gasteiger partial charge in [-0.1, -0.05) is 19.1 Å². The van der Waals surface area contributed by atoms with Gasteiger partial charge in [-0.05, 0) is 95.1 Å². The van der Waals surface area contributed by atoms with Crippen molar-refractivity contribution < 1.29 is 19.2 Å². The summed E-state index contributed by atoms with van der Waals surface area (Å²) in [6, 6.07) is 19.0. The molecular formula is C27H24IN3O5. The van der Waals surface area contributed by atoms with Crippen molar-refractivity contribution in [2.75, 3.05) is 11.9 Å². The largest absolute Gasteiger partial charge is 0.490 e. The summed E-state index contributed by atoms with van der Waals surface area (Å²) >= 11 is 2.10. The van der Waals surface area contributed by atoms with Crippen molar-refractivity contribution in [1.29, 1.82) is 5.26 Å². The van der Waals surface area contributed by atoms with E-state index >= 15 is 0 Å². The average Bonchev–Trinajstić information content (AvgIpc) is 2.87. The van der Waals surface area contributed by atoms with Crippen molar-refractivity contribution in [2.24, 2.45) is 0 Å². The number of halogens is 1. The molecule has 0 heterocycles. The molecule has 3 aromatic rings. The second-order valence-corrected chi connectivity index (χ2v) is 8.81. The Labute approximate surface area is 222 Å². The molecule has 8 nitrogen and oxygen atoms in total. The van der Waals surface area contributed by atoms with Crippen LogP contribution in [0, 0.1) is 25.0 Å². The zero-order valence-electron chi connectivity index (χ0n) is 19.8. The SMILES string of the molecule is CCOc1cc(/C=C(/C#N)C(=O)Nc2ccc(CC)cc2)cc(I)c1OCc1ccc([N+](=O)[O-])cc1. The van der Waals surface area contributed by atoms with Gasteiger partial charge in [0.15, 0.2) is 11.5 Å². The molecule has 0 bridgehead atoms. The van der Waals surface area contributed by atoms with E-state index in [0.717, 1.165) is 21.1 Å². The number of carbonyl (C=O) groups is 1. The van der Waals surface area contributed by atoms with Crippen molar-refractivity contribution in [3.05, 3.63) is 96.6 Å². The maximum atomic E-state index is 12.7. The first-order valence-electron chi connectivity index (χ1n) is 11.2. The Kier molecular flexibility index (Phi) is 9.41. The third-order valence-electron chi connectivity index (χ3n) is 5.16. The summed E-state index contributed by atoms with van der Waals surface area (Å²) in [5.74, 6) is 0.463. The van der Waals surface area contributed by atoms with Crippen LogP contribution in [-0.2, 0) is 17.8 Å². The van der Waals surface area contributed by atoms with Crippen molar-refractivity contribution in [2.45, 2.75) is 26.9 Å². The summed E-state index contributed by atoms with van der Waals surface area (Å²) in [4.78, 5) is 23.1. The van der Waals surface area contributed by atoms with Crippen LogP contribution in [0.15, 0.2) is 66.2 Å². The topological polar surface area (TPSA) is 114 Å². The number of rotatable bonds is 10. The van der Waals surface area contributed by atoms with E-state index in [2.05, 4.69) is 27.9 Å². The predicted molar refractivity (Wildman–Crippen MR) is 146 cm³/mol. The number of benzene rings is 3. The van der Waals surface area contributed by atoms with Crippen molar-refractivity contribution >= 4 is 45.9 Å². The van der Waals surface area contributed by atoms with Gasteiger partial charge in [-0.2, -0.15) is 5.26 Å². The van der Waals surface area contributed by atoms with E-state index < -0.39 is 10.8 Å². The normalized spacial score (nSPS) is 10.9. The predicted octanol–water partition coefficient (Wildman–Crippen LogP) is 6.29. The first-order valence-corrected chi connectivity index (χ1v) is 12.3. The minimum Gasteiger partial charge on any atom is -0.490 e. The van der Waals surface area contributed by atoms with Crippen LogP contribution < -0.4 is 14.8 Å². The monoisotopic (exact) mass is 597 g/mol. The van der Waals surface area contributed by atoms with Gasteiger partial charge in [-0.25, -0.2) is 0 Å². The van der Waals surface area contributed by atoms with E-state index in [0.29, 0.717) is 29.4 Å². The lowest BCUT2D eigenvalue weighted by atomic mass is 10.1. The van der Waals surface area contributed by atoms with Crippen LogP contribution in [0.25, 0.3) is 6.08 Å². The zero-order chi connectivity index (χ0) is 26.1. The number of nitrogens with zero attached hydrogens (tertiary/aromatic N) is 2. The highest BCUT2D eigenvalue weighted by Crippen LogP contribution is 2.35. The molecule has 0 spiro atoms. The van der Waals surface area contributed by atoms with Crippen molar-refractivity contribution in [3.63, 3.8) is 0 Å². The summed E-state index contributed by atoms with van der Waals surface area (Å²) in [5.41, 5.74) is 3.09. The molecular weight excluding hydrogens is 573 g/mol. The van der Waals surface area contributed by atoms with Crippen LogP contribution in [0.2, 0.25) is 0 Å². The number of hydrogen-bond donors (Lipinski definition) is 1. The molecule has 3 aromatic carbocycles. The Morgan fingerprint density at radius 3 is 2.33 bits per heavy atom. The number of nitro groups is 1. The maximum absolute atomic E-state index is 12.7. The number of ether oxygens (including phenoxy) is 2. The molecule has 0 saturated carbocycles. The van der Waals surface area contributed by atoms with Gasteiger partial charge >= 0.3 is 0 Å². The molecule has 36 heavy (non-hydrogen) atoms. The molecule has 0 aliphatic carbocycles. The zero-order valence-corrected chi connectivity index (χ0v) is 21.9. The molecule has 1 N–H and O–H groups in total. The molecule has 3 rings (SSSR count). The van der Waals surface area contributed by atoms with Crippen LogP contribution >= 0.6 is 22.6 Å². The third-order valence-corrected chi connectivity index (χ3v) is 5.96. The number of non-ortho nitro benzene ring substituents is 1. The Hall–Kier alpha value is -3.91. The molecule has 0 aliphatic rings. The number of hydrogen-bond acceptors (Lipinski definition) is 6. The Bertz CT molecular complexity index is 1310. The van der Waals surface area contributed by atoms with Gasteiger partial charge in [0.1, 0.15) is 18.2 Å². The van der Waals surface area contributed by atoms with Gasteiger partial charge in [0.25, 0.3) is 11.6 Å². The number of nitro benzene ring substituents is 1. The molecule has 184 valence electrons. The van der Waals surface area contributed by atoms with E-state index in [9.17, 15) is 20.2 Å². The average molecular weight is 597 g/mol. The lowest BCUT2D eigenvalue weighted by Gasteiger charge is -2.15. The number of carbonyl (C=O) groups excluding carboxylic acids is 1. The number of anilines is 1. The van der Waals surface area contributed by atoms with Crippen LogP contribution in [0.1, 0.15) is 30.5 Å². The molecule has 0 aliphatic heterocycles. The fraction of sp³-hybridized carbons (Fsp3) is 0.185. The number of aryl methyl sites for hydroxylation is 1. The quantitative estimate of drug-likeness (QED) is 0.0967. The summed E-state index contributed by atoms with van der Waals surface area (Å²) < 4.78 is 12.5. The van der Waals surface area contributed by atoms with Gasteiger partial charge in [0.2, 0.25) is 0 Å². The first kappa shape index (κ1) is 26.7. The smallest absolute Gasteiger partial charge is 0.269 e. The van der Waals surface area contributed by atoms with Gasteiger partial charge < -0.3 is 14.8 Å². The highest BCUT2D eigenvalue weighted by molar-refractivity contribution is 14.1. The Morgan fingerprint density at radius 1 is 1.08 bits per heavy atom. The highest BCUT2D eigenvalue weighted by atomic mass is 127. The summed E-state index contributed by atoms with van der Waals surface area (Å²) in [6.45, 7) is 4.46. The van der Waals surface area contributed by atoms with Crippen molar-refractivity contribution in [1.82, 2.24) is 0 Å². The molecule has 0 fully saturated rings. The van der Waals surface area contributed by atoms with Gasteiger partial charge in [0, 0.05) is 17.8 Å². The van der Waals surface area contributed by atoms with E-state index in [1.54, 1.807) is 36.4 Å². The molecule has 0 radical (unpaired) electrons. The maximum Gasteiger partial charge on any atom is 0.269 e. The fourth-order valence-electron chi connectivity index (χ4n) is 3.28. The second kappa shape index (κ2) is 12.7. The van der Waals surface area contributed by atoms with Gasteiger partial charge in [-0.15, -0.1) is 0 Å². The number of amides is 1. The van der Waals surface area contributed by atoms with Crippen molar-refractivity contribution in [3.8, 4) is 17.6 Å². The van der Waals surface area contributed by atoms with Crippen LogP contribution in [0.5, 0.6) is 11.5 Å². The molecule has 0 unspecified atom stereocenters. The van der Waals surface area contributed by atoms with E-state index in [-0.39, 0.29) is 17.9 Å². The standard InChI is InChI=1S/C27H24IN3O5/c1-3-18-5-9-22(10-6-18)30-27(32)21(16-29)13-20-14-24(28)26(25(15-20)35-4-2)36-17-19-7-11-23(12-8-19)31(33)34/h5-15H,3-4,17H2,1-2H3,(H,30,32)/b21-13-. The third kappa shape index (κ3) is 7.05. The first-order chi connectivity index (χ1) is 17.3. The lowest BCUT2D eigenvalue weighted by Crippen LogP contribution is -2.13. The van der Waals surface area contributed by atoms with Gasteiger partial charge in [-0.3, -0.25) is 14.9 Å². The van der Waals surface area contributed by atoms with Crippen LogP contribution in [0.3, 0.4) is 0 Å².